The molecule has 1 heterocycles. The Morgan fingerprint density at radius 2 is 2.09 bits per heavy atom. The zero-order valence-electron chi connectivity index (χ0n) is 6.32. The SMILES string of the molecule is CCCSc1ncc(O)cn1. The molecule has 0 bridgehead atoms. The summed E-state index contributed by atoms with van der Waals surface area (Å²) in [4.78, 5) is 7.84. The summed E-state index contributed by atoms with van der Waals surface area (Å²) in [6.07, 6.45) is 3.92. The molecule has 0 saturated carbocycles. The Balaban J connectivity index is 2.52. The van der Waals surface area contributed by atoms with Crippen molar-refractivity contribution in [3.63, 3.8) is 0 Å². The molecule has 0 aliphatic rings. The van der Waals surface area contributed by atoms with Crippen LogP contribution in [0.2, 0.25) is 0 Å². The summed E-state index contributed by atoms with van der Waals surface area (Å²) in [5.41, 5.74) is 0. The van der Waals surface area contributed by atoms with Gasteiger partial charge in [0.05, 0.1) is 12.4 Å². The lowest BCUT2D eigenvalue weighted by atomic mass is 10.6. The first kappa shape index (κ1) is 8.33. The molecule has 0 amide bonds. The monoisotopic (exact) mass is 170 g/mol. The number of aromatic nitrogens is 2. The predicted molar refractivity (Wildman–Crippen MR) is 44.7 cm³/mol. The summed E-state index contributed by atoms with van der Waals surface area (Å²) >= 11 is 1.60. The highest BCUT2D eigenvalue weighted by Gasteiger charge is 1.94. The van der Waals surface area contributed by atoms with Crippen LogP contribution in [0, 0.1) is 0 Å². The molecule has 1 N–H and O–H groups in total. The van der Waals surface area contributed by atoms with E-state index in [0.717, 1.165) is 17.3 Å². The van der Waals surface area contributed by atoms with E-state index in [1.807, 2.05) is 0 Å². The summed E-state index contributed by atoms with van der Waals surface area (Å²) < 4.78 is 0. The standard InChI is InChI=1S/C7H10N2OS/c1-2-3-11-7-8-4-6(10)5-9-7/h4-5,10H,2-3H2,1H3. The van der Waals surface area contributed by atoms with Crippen molar-refractivity contribution >= 4 is 11.8 Å². The van der Waals surface area contributed by atoms with Crippen LogP contribution in [0.25, 0.3) is 0 Å². The highest BCUT2D eigenvalue weighted by Crippen LogP contribution is 2.14. The Kier molecular flexibility index (Phi) is 3.16. The van der Waals surface area contributed by atoms with E-state index < -0.39 is 0 Å². The molecule has 1 aromatic rings. The van der Waals surface area contributed by atoms with E-state index in [1.165, 1.54) is 12.4 Å². The van der Waals surface area contributed by atoms with Crippen LogP contribution in [0.5, 0.6) is 5.75 Å². The van der Waals surface area contributed by atoms with Gasteiger partial charge in [-0.25, -0.2) is 9.97 Å². The Bertz CT molecular complexity index is 212. The van der Waals surface area contributed by atoms with Gasteiger partial charge >= 0.3 is 0 Å². The molecule has 1 rings (SSSR count). The Hall–Kier alpha value is -0.770. The number of hydrogen-bond acceptors (Lipinski definition) is 4. The third-order valence-corrected chi connectivity index (χ3v) is 2.13. The Morgan fingerprint density at radius 1 is 1.45 bits per heavy atom. The molecule has 0 fully saturated rings. The van der Waals surface area contributed by atoms with Gasteiger partial charge in [0.2, 0.25) is 0 Å². The van der Waals surface area contributed by atoms with E-state index >= 15 is 0 Å². The van der Waals surface area contributed by atoms with E-state index in [4.69, 9.17) is 5.11 Å². The summed E-state index contributed by atoms with van der Waals surface area (Å²) in [5.74, 6) is 1.14. The van der Waals surface area contributed by atoms with Crippen molar-refractivity contribution in [2.24, 2.45) is 0 Å². The van der Waals surface area contributed by atoms with Gasteiger partial charge in [-0.15, -0.1) is 0 Å². The second kappa shape index (κ2) is 4.18. The maximum Gasteiger partial charge on any atom is 0.187 e. The van der Waals surface area contributed by atoms with Crippen molar-refractivity contribution in [3.8, 4) is 5.75 Å². The highest BCUT2D eigenvalue weighted by molar-refractivity contribution is 7.99. The first-order valence-corrected chi connectivity index (χ1v) is 4.45. The van der Waals surface area contributed by atoms with Crippen LogP contribution in [-0.4, -0.2) is 20.8 Å². The van der Waals surface area contributed by atoms with Crippen LogP contribution in [-0.2, 0) is 0 Å². The second-order valence-electron chi connectivity index (χ2n) is 2.07. The normalized spacial score (nSPS) is 9.91. The molecule has 0 saturated heterocycles. The van der Waals surface area contributed by atoms with Gasteiger partial charge in [0.25, 0.3) is 0 Å². The average molecular weight is 170 g/mol. The zero-order chi connectivity index (χ0) is 8.10. The second-order valence-corrected chi connectivity index (χ2v) is 3.13. The van der Waals surface area contributed by atoms with Gasteiger partial charge in [-0.1, -0.05) is 18.7 Å². The summed E-state index contributed by atoms with van der Waals surface area (Å²) in [7, 11) is 0. The zero-order valence-corrected chi connectivity index (χ0v) is 7.14. The van der Waals surface area contributed by atoms with Crippen molar-refractivity contribution in [2.45, 2.75) is 18.5 Å². The number of thioether (sulfide) groups is 1. The van der Waals surface area contributed by atoms with Crippen LogP contribution >= 0.6 is 11.8 Å². The third kappa shape index (κ3) is 2.76. The van der Waals surface area contributed by atoms with Gasteiger partial charge in [-0.2, -0.15) is 0 Å². The topological polar surface area (TPSA) is 46.0 Å². The van der Waals surface area contributed by atoms with Crippen LogP contribution in [0.4, 0.5) is 0 Å². The van der Waals surface area contributed by atoms with E-state index in [-0.39, 0.29) is 5.75 Å². The smallest absolute Gasteiger partial charge is 0.187 e. The quantitative estimate of drug-likeness (QED) is 0.554. The third-order valence-electron chi connectivity index (χ3n) is 1.05. The molecule has 0 radical (unpaired) electrons. The average Bonchev–Trinajstić information content (AvgIpc) is 2.04. The van der Waals surface area contributed by atoms with Crippen LogP contribution in [0.3, 0.4) is 0 Å². The number of rotatable bonds is 3. The number of aromatic hydroxyl groups is 1. The largest absolute Gasteiger partial charge is 0.505 e. The van der Waals surface area contributed by atoms with Crippen molar-refractivity contribution in [1.29, 1.82) is 0 Å². The van der Waals surface area contributed by atoms with Gasteiger partial charge in [-0.05, 0) is 6.42 Å². The fourth-order valence-corrected chi connectivity index (χ4v) is 1.22. The van der Waals surface area contributed by atoms with E-state index in [0.29, 0.717) is 0 Å². The molecular formula is C7H10N2OS. The minimum absolute atomic E-state index is 0.117. The Labute approximate surface area is 69.9 Å². The van der Waals surface area contributed by atoms with Gasteiger partial charge < -0.3 is 5.11 Å². The lowest BCUT2D eigenvalue weighted by Gasteiger charge is -1.95. The molecule has 4 heteroatoms. The lowest BCUT2D eigenvalue weighted by molar-refractivity contribution is 0.467. The van der Waals surface area contributed by atoms with Gasteiger partial charge in [0, 0.05) is 5.75 Å². The molecule has 0 aliphatic heterocycles. The fraction of sp³-hybridized carbons (Fsp3) is 0.429. The number of hydrogen-bond donors (Lipinski definition) is 1. The van der Waals surface area contributed by atoms with Crippen molar-refractivity contribution < 1.29 is 5.11 Å². The maximum atomic E-state index is 8.85. The molecule has 0 aliphatic carbocycles. The predicted octanol–water partition coefficient (Wildman–Crippen LogP) is 1.68. The molecular weight excluding hydrogens is 160 g/mol. The van der Waals surface area contributed by atoms with E-state index in [9.17, 15) is 0 Å². The highest BCUT2D eigenvalue weighted by atomic mass is 32.2. The summed E-state index contributed by atoms with van der Waals surface area (Å²) in [5, 5.41) is 9.57. The molecule has 0 atom stereocenters. The minimum Gasteiger partial charge on any atom is -0.505 e. The Morgan fingerprint density at radius 3 is 2.64 bits per heavy atom. The van der Waals surface area contributed by atoms with Crippen molar-refractivity contribution in [2.75, 3.05) is 5.75 Å². The maximum absolute atomic E-state index is 8.85. The van der Waals surface area contributed by atoms with Gasteiger partial charge in [0.15, 0.2) is 10.9 Å². The molecule has 0 spiro atoms. The summed E-state index contributed by atoms with van der Waals surface area (Å²) in [6, 6.07) is 0. The number of nitrogens with zero attached hydrogens (tertiary/aromatic N) is 2. The van der Waals surface area contributed by atoms with Gasteiger partial charge in [-0.3, -0.25) is 0 Å². The van der Waals surface area contributed by atoms with E-state index in [2.05, 4.69) is 16.9 Å². The molecule has 60 valence electrons. The van der Waals surface area contributed by atoms with Crippen LogP contribution < -0.4 is 0 Å². The molecule has 0 aromatic carbocycles. The first-order valence-electron chi connectivity index (χ1n) is 3.46. The summed E-state index contributed by atoms with van der Waals surface area (Å²) in [6.45, 7) is 2.10. The molecule has 1 aromatic heterocycles. The molecule has 3 nitrogen and oxygen atoms in total. The van der Waals surface area contributed by atoms with Gasteiger partial charge in [0.1, 0.15) is 0 Å². The van der Waals surface area contributed by atoms with Crippen molar-refractivity contribution in [1.82, 2.24) is 9.97 Å². The minimum atomic E-state index is 0.117. The van der Waals surface area contributed by atoms with Crippen LogP contribution in [0.15, 0.2) is 17.6 Å². The molecule has 11 heavy (non-hydrogen) atoms. The van der Waals surface area contributed by atoms with Crippen molar-refractivity contribution in [3.05, 3.63) is 12.4 Å². The van der Waals surface area contributed by atoms with E-state index in [1.54, 1.807) is 11.8 Å². The fourth-order valence-electron chi connectivity index (χ4n) is 0.577. The lowest BCUT2D eigenvalue weighted by Crippen LogP contribution is -1.85. The van der Waals surface area contributed by atoms with Crippen LogP contribution in [0.1, 0.15) is 13.3 Å². The molecule has 0 unspecified atom stereocenters. The first-order chi connectivity index (χ1) is 5.33.